The molecule has 1 rings (SSSR count). The molecule has 0 unspecified atom stereocenters. The summed E-state index contributed by atoms with van der Waals surface area (Å²) in [5.41, 5.74) is 1.68. The zero-order chi connectivity index (χ0) is 11.7. The topological polar surface area (TPSA) is 38.7 Å². The summed E-state index contributed by atoms with van der Waals surface area (Å²) in [6.07, 6.45) is 7.69. The number of rotatable bonds is 2. The van der Waals surface area contributed by atoms with Gasteiger partial charge in [0.1, 0.15) is 11.5 Å². The third kappa shape index (κ3) is 4.49. The van der Waals surface area contributed by atoms with Crippen LogP contribution in [-0.2, 0) is 0 Å². The van der Waals surface area contributed by atoms with Gasteiger partial charge in [0.15, 0.2) is 0 Å². The van der Waals surface area contributed by atoms with E-state index in [4.69, 9.17) is 0 Å². The quantitative estimate of drug-likeness (QED) is 0.743. The molecule has 0 saturated carbocycles. The van der Waals surface area contributed by atoms with Crippen LogP contribution >= 0.6 is 0 Å². The summed E-state index contributed by atoms with van der Waals surface area (Å²) in [6, 6.07) is 0. The van der Waals surface area contributed by atoms with E-state index in [2.05, 4.69) is 15.2 Å². The molecular weight excluding hydrogens is 186 g/mol. The number of aryl methyl sites for hydroxylation is 1. The lowest BCUT2D eigenvalue weighted by Gasteiger charge is -1.98. The average Bonchev–Trinajstić information content (AvgIpc) is 2.26. The Bertz CT molecular complexity index is 341. The highest BCUT2D eigenvalue weighted by Crippen LogP contribution is 2.06. The largest absolute Gasteiger partial charge is 0.230 e. The molecule has 15 heavy (non-hydrogen) atoms. The van der Waals surface area contributed by atoms with Crippen molar-refractivity contribution in [2.45, 2.75) is 34.6 Å². The van der Waals surface area contributed by atoms with Crippen LogP contribution in [0.2, 0.25) is 0 Å². The Morgan fingerprint density at radius 2 is 1.40 bits per heavy atom. The molecule has 0 aliphatic heterocycles. The molecule has 0 spiro atoms. The molecule has 82 valence electrons. The lowest BCUT2D eigenvalue weighted by Crippen LogP contribution is -1.98. The van der Waals surface area contributed by atoms with Crippen LogP contribution in [0.5, 0.6) is 0 Å². The first-order valence-electron chi connectivity index (χ1n) is 5.24. The molecule has 3 heteroatoms. The normalized spacial score (nSPS) is 10.5. The Morgan fingerprint density at radius 1 is 0.867 bits per heavy atom. The maximum absolute atomic E-state index is 4.27. The molecular formula is C12H19N3. The third-order valence-corrected chi connectivity index (χ3v) is 1.50. The smallest absolute Gasteiger partial charge is 0.148 e. The van der Waals surface area contributed by atoms with Crippen LogP contribution in [0.15, 0.2) is 12.2 Å². The molecule has 0 fully saturated rings. The summed E-state index contributed by atoms with van der Waals surface area (Å²) in [4.78, 5) is 4.27. The first kappa shape index (κ1) is 13.5. The summed E-state index contributed by atoms with van der Waals surface area (Å²) in [7, 11) is 0. The van der Waals surface area contributed by atoms with Gasteiger partial charge < -0.3 is 0 Å². The molecule has 0 amide bonds. The zero-order valence-corrected chi connectivity index (χ0v) is 10.2. The van der Waals surface area contributed by atoms with Crippen LogP contribution in [0.1, 0.15) is 44.9 Å². The fourth-order valence-corrected chi connectivity index (χ4v) is 0.989. The first-order valence-corrected chi connectivity index (χ1v) is 5.24. The molecule has 0 radical (unpaired) electrons. The van der Waals surface area contributed by atoms with E-state index < -0.39 is 0 Å². The van der Waals surface area contributed by atoms with Crippen molar-refractivity contribution in [3.05, 3.63) is 29.4 Å². The third-order valence-electron chi connectivity index (χ3n) is 1.50. The second-order valence-corrected chi connectivity index (χ2v) is 2.63. The summed E-state index contributed by atoms with van der Waals surface area (Å²) in [5, 5.41) is 7.93. The molecule has 0 bridgehead atoms. The highest BCUT2D eigenvalue weighted by molar-refractivity contribution is 5.58. The Kier molecular flexibility index (Phi) is 7.06. The molecule has 0 atom stereocenters. The van der Waals surface area contributed by atoms with Crippen molar-refractivity contribution < 1.29 is 0 Å². The minimum Gasteiger partial charge on any atom is -0.230 e. The van der Waals surface area contributed by atoms with Crippen LogP contribution in [-0.4, -0.2) is 15.2 Å². The van der Waals surface area contributed by atoms with Gasteiger partial charge in [-0.3, -0.25) is 0 Å². The standard InChI is InChI=1S/C10H13N3.C2H6/c1-4-6-9-10(7-5-2)13-12-8(3)11-9;1-2/h4-7H,1-3H3;1-2H3/b6-4-,7-5-;. The maximum atomic E-state index is 4.27. The van der Waals surface area contributed by atoms with Crippen LogP contribution in [0.4, 0.5) is 0 Å². The van der Waals surface area contributed by atoms with E-state index in [0.29, 0.717) is 5.82 Å². The van der Waals surface area contributed by atoms with Crippen LogP contribution in [0, 0.1) is 6.92 Å². The summed E-state index contributed by atoms with van der Waals surface area (Å²) < 4.78 is 0. The fraction of sp³-hybridized carbons (Fsp3) is 0.417. The lowest BCUT2D eigenvalue weighted by molar-refractivity contribution is 0.891. The molecule has 1 aromatic rings. The van der Waals surface area contributed by atoms with Crippen LogP contribution < -0.4 is 0 Å². The number of aromatic nitrogens is 3. The van der Waals surface area contributed by atoms with Crippen molar-refractivity contribution in [1.29, 1.82) is 0 Å². The summed E-state index contributed by atoms with van der Waals surface area (Å²) in [5.74, 6) is 0.696. The predicted octanol–water partition coefficient (Wildman–Crippen LogP) is 3.27. The molecule has 1 aromatic heterocycles. The van der Waals surface area contributed by atoms with Gasteiger partial charge >= 0.3 is 0 Å². The van der Waals surface area contributed by atoms with Gasteiger partial charge in [0.2, 0.25) is 0 Å². The van der Waals surface area contributed by atoms with E-state index in [9.17, 15) is 0 Å². The molecule has 0 aliphatic carbocycles. The average molecular weight is 205 g/mol. The van der Waals surface area contributed by atoms with Gasteiger partial charge in [-0.05, 0) is 32.9 Å². The van der Waals surface area contributed by atoms with Gasteiger partial charge in [0.25, 0.3) is 0 Å². The summed E-state index contributed by atoms with van der Waals surface area (Å²) >= 11 is 0. The molecule has 0 N–H and O–H groups in total. The van der Waals surface area contributed by atoms with Crippen molar-refractivity contribution in [2.24, 2.45) is 0 Å². The number of hydrogen-bond donors (Lipinski definition) is 0. The lowest BCUT2D eigenvalue weighted by atomic mass is 10.2. The molecule has 3 nitrogen and oxygen atoms in total. The van der Waals surface area contributed by atoms with E-state index in [1.165, 1.54) is 0 Å². The van der Waals surface area contributed by atoms with Crippen molar-refractivity contribution in [1.82, 2.24) is 15.2 Å². The Morgan fingerprint density at radius 3 is 1.93 bits per heavy atom. The van der Waals surface area contributed by atoms with Crippen molar-refractivity contribution in [3.8, 4) is 0 Å². The van der Waals surface area contributed by atoms with Gasteiger partial charge in [-0.25, -0.2) is 4.98 Å². The van der Waals surface area contributed by atoms with Crippen molar-refractivity contribution >= 4 is 12.2 Å². The monoisotopic (exact) mass is 205 g/mol. The molecule has 0 aromatic carbocycles. The Hall–Kier alpha value is -1.51. The van der Waals surface area contributed by atoms with E-state index in [-0.39, 0.29) is 0 Å². The Balaban J connectivity index is 0.000000921. The van der Waals surface area contributed by atoms with Gasteiger partial charge in [-0.1, -0.05) is 26.0 Å². The molecule has 1 heterocycles. The van der Waals surface area contributed by atoms with Crippen molar-refractivity contribution in [3.63, 3.8) is 0 Å². The number of hydrogen-bond acceptors (Lipinski definition) is 3. The highest BCUT2D eigenvalue weighted by Gasteiger charge is 1.99. The zero-order valence-electron chi connectivity index (χ0n) is 10.2. The van der Waals surface area contributed by atoms with E-state index >= 15 is 0 Å². The van der Waals surface area contributed by atoms with Crippen molar-refractivity contribution in [2.75, 3.05) is 0 Å². The number of nitrogens with zero attached hydrogens (tertiary/aromatic N) is 3. The minimum absolute atomic E-state index is 0.696. The van der Waals surface area contributed by atoms with Gasteiger partial charge in [-0.15, -0.1) is 10.2 Å². The minimum atomic E-state index is 0.696. The second kappa shape index (κ2) is 7.85. The Labute approximate surface area is 92.0 Å². The SMILES string of the molecule is C/C=C\c1nnc(C)nc1/C=C\C.CC. The highest BCUT2D eigenvalue weighted by atomic mass is 15.2. The van der Waals surface area contributed by atoms with E-state index in [0.717, 1.165) is 11.4 Å². The van der Waals surface area contributed by atoms with E-state index in [1.54, 1.807) is 0 Å². The van der Waals surface area contributed by atoms with E-state index in [1.807, 2.05) is 58.9 Å². The molecule has 0 aliphatic rings. The predicted molar refractivity (Wildman–Crippen MR) is 65.3 cm³/mol. The summed E-state index contributed by atoms with van der Waals surface area (Å²) in [6.45, 7) is 9.73. The number of allylic oxidation sites excluding steroid dienone is 2. The van der Waals surface area contributed by atoms with Gasteiger partial charge in [0, 0.05) is 0 Å². The fourth-order valence-electron chi connectivity index (χ4n) is 0.989. The van der Waals surface area contributed by atoms with Crippen LogP contribution in [0.3, 0.4) is 0 Å². The van der Waals surface area contributed by atoms with Crippen LogP contribution in [0.25, 0.3) is 12.2 Å². The maximum Gasteiger partial charge on any atom is 0.148 e. The van der Waals surface area contributed by atoms with Gasteiger partial charge in [-0.2, -0.15) is 0 Å². The first-order chi connectivity index (χ1) is 7.27. The second-order valence-electron chi connectivity index (χ2n) is 2.63. The van der Waals surface area contributed by atoms with Gasteiger partial charge in [0.05, 0.1) is 5.69 Å². The molecule has 0 saturated heterocycles.